The summed E-state index contributed by atoms with van der Waals surface area (Å²) >= 11 is 5.42. The topological polar surface area (TPSA) is 66.4 Å². The number of benzene rings is 1. The second-order valence-electron chi connectivity index (χ2n) is 8.07. The molecule has 7 nitrogen and oxygen atoms in total. The Labute approximate surface area is 183 Å². The second-order valence-corrected chi connectivity index (χ2v) is 8.45. The summed E-state index contributed by atoms with van der Waals surface area (Å²) in [4.78, 5) is 17.4. The fourth-order valence-electron chi connectivity index (χ4n) is 4.57. The molecule has 4 rings (SSSR count). The molecule has 3 heterocycles. The molecule has 2 aromatic rings. The van der Waals surface area contributed by atoms with E-state index < -0.39 is 0 Å². The van der Waals surface area contributed by atoms with E-state index in [9.17, 15) is 4.79 Å². The summed E-state index contributed by atoms with van der Waals surface area (Å²) in [5.41, 5.74) is 0.949. The average Bonchev–Trinajstić information content (AvgIpc) is 3.43. The predicted molar refractivity (Wildman–Crippen MR) is 119 cm³/mol. The van der Waals surface area contributed by atoms with Gasteiger partial charge in [0.25, 0.3) is 0 Å². The molecule has 2 aliphatic rings. The van der Waals surface area contributed by atoms with Gasteiger partial charge in [-0.3, -0.25) is 14.5 Å². The molecule has 0 spiro atoms. The Kier molecular flexibility index (Phi) is 6.84. The Balaban J connectivity index is 1.34. The van der Waals surface area contributed by atoms with Gasteiger partial charge in [-0.15, -0.1) is 0 Å². The minimum Gasteiger partial charge on any atom is -0.494 e. The van der Waals surface area contributed by atoms with Gasteiger partial charge >= 0.3 is 0 Å². The van der Waals surface area contributed by atoms with Crippen molar-refractivity contribution in [2.75, 3.05) is 32.8 Å². The smallest absolute Gasteiger partial charge is 0.224 e. The number of rotatable bonds is 7. The minimum absolute atomic E-state index is 0.204. The maximum absolute atomic E-state index is 12.8. The van der Waals surface area contributed by atoms with E-state index in [4.69, 9.17) is 17.0 Å². The fourth-order valence-corrected chi connectivity index (χ4v) is 4.79. The van der Waals surface area contributed by atoms with Crippen LogP contribution >= 0.6 is 12.2 Å². The van der Waals surface area contributed by atoms with E-state index in [1.165, 1.54) is 25.9 Å². The largest absolute Gasteiger partial charge is 0.494 e. The van der Waals surface area contributed by atoms with Crippen molar-refractivity contribution in [1.29, 1.82) is 0 Å². The standard InChI is InChI=1S/C22H31N5O2S/c1-2-29-19-7-5-17(6-8-19)21-23-24-22(30)27(21)16-11-20(28)26-14-9-18(10-15-26)25-12-3-4-13-25/h5-8,18H,2-4,9-16H2,1H3,(H,24,30). The Morgan fingerprint density at radius 3 is 2.53 bits per heavy atom. The number of hydrogen-bond donors (Lipinski definition) is 1. The molecule has 1 aromatic heterocycles. The lowest BCUT2D eigenvalue weighted by atomic mass is 10.0. The van der Waals surface area contributed by atoms with Crippen LogP contribution in [0.1, 0.15) is 39.0 Å². The minimum atomic E-state index is 0.204. The number of aromatic nitrogens is 3. The van der Waals surface area contributed by atoms with Crippen LogP contribution < -0.4 is 4.74 Å². The number of hydrogen-bond acceptors (Lipinski definition) is 5. The zero-order valence-corrected chi connectivity index (χ0v) is 18.5. The number of aromatic amines is 1. The third-order valence-electron chi connectivity index (χ3n) is 6.21. The molecule has 0 aliphatic carbocycles. The van der Waals surface area contributed by atoms with E-state index in [2.05, 4.69) is 15.1 Å². The van der Waals surface area contributed by atoms with Gasteiger partial charge in [0.2, 0.25) is 5.91 Å². The Morgan fingerprint density at radius 1 is 1.17 bits per heavy atom. The molecule has 8 heteroatoms. The monoisotopic (exact) mass is 429 g/mol. The molecule has 30 heavy (non-hydrogen) atoms. The Morgan fingerprint density at radius 2 is 1.87 bits per heavy atom. The van der Waals surface area contributed by atoms with Gasteiger partial charge in [-0.2, -0.15) is 5.10 Å². The number of H-pyrrole nitrogens is 1. The normalized spacial score (nSPS) is 18.1. The number of nitrogens with one attached hydrogen (secondary N) is 1. The molecule has 1 N–H and O–H groups in total. The zero-order valence-electron chi connectivity index (χ0n) is 17.7. The number of likely N-dealkylation sites (tertiary alicyclic amines) is 2. The van der Waals surface area contributed by atoms with Crippen LogP contribution in [0.3, 0.4) is 0 Å². The van der Waals surface area contributed by atoms with Crippen molar-refractivity contribution in [3.8, 4) is 17.1 Å². The van der Waals surface area contributed by atoms with E-state index in [0.29, 0.717) is 30.4 Å². The molecule has 0 bridgehead atoms. The third kappa shape index (κ3) is 4.75. The van der Waals surface area contributed by atoms with E-state index in [0.717, 1.165) is 43.1 Å². The van der Waals surface area contributed by atoms with Crippen LogP contribution in [-0.4, -0.2) is 69.3 Å². The van der Waals surface area contributed by atoms with Crippen molar-refractivity contribution in [2.45, 2.75) is 51.6 Å². The van der Waals surface area contributed by atoms with Crippen LogP contribution in [0.25, 0.3) is 11.4 Å². The van der Waals surface area contributed by atoms with Crippen LogP contribution in [0.5, 0.6) is 5.75 Å². The quantitative estimate of drug-likeness (QED) is 0.683. The van der Waals surface area contributed by atoms with Crippen LogP contribution in [0.2, 0.25) is 0 Å². The first-order valence-corrected chi connectivity index (χ1v) is 11.5. The number of amides is 1. The average molecular weight is 430 g/mol. The summed E-state index contributed by atoms with van der Waals surface area (Å²) in [6.45, 7) is 7.31. The molecular formula is C22H31N5O2S. The maximum atomic E-state index is 12.8. The molecular weight excluding hydrogens is 398 g/mol. The highest BCUT2D eigenvalue weighted by atomic mass is 32.1. The van der Waals surface area contributed by atoms with Gasteiger partial charge in [0.05, 0.1) is 6.61 Å². The fraction of sp³-hybridized carbons (Fsp3) is 0.591. The van der Waals surface area contributed by atoms with Crippen molar-refractivity contribution < 1.29 is 9.53 Å². The first-order chi connectivity index (χ1) is 14.7. The van der Waals surface area contributed by atoms with E-state index in [1.54, 1.807) is 0 Å². The van der Waals surface area contributed by atoms with E-state index in [1.807, 2.05) is 40.7 Å². The number of piperidine rings is 1. The lowest BCUT2D eigenvalue weighted by molar-refractivity contribution is -0.133. The molecule has 0 unspecified atom stereocenters. The second kappa shape index (κ2) is 9.75. The Hall–Kier alpha value is -2.19. The van der Waals surface area contributed by atoms with Crippen molar-refractivity contribution in [3.63, 3.8) is 0 Å². The van der Waals surface area contributed by atoms with Crippen molar-refractivity contribution in [2.24, 2.45) is 0 Å². The van der Waals surface area contributed by atoms with Crippen LogP contribution in [-0.2, 0) is 11.3 Å². The van der Waals surface area contributed by atoms with Crippen molar-refractivity contribution in [1.82, 2.24) is 24.6 Å². The van der Waals surface area contributed by atoms with Gasteiger partial charge in [0.1, 0.15) is 5.75 Å². The van der Waals surface area contributed by atoms with Gasteiger partial charge in [-0.25, -0.2) is 0 Å². The maximum Gasteiger partial charge on any atom is 0.224 e. The highest BCUT2D eigenvalue weighted by Crippen LogP contribution is 2.23. The molecule has 0 atom stereocenters. The molecule has 2 aliphatic heterocycles. The van der Waals surface area contributed by atoms with Crippen molar-refractivity contribution >= 4 is 18.1 Å². The Bertz CT molecular complexity index is 893. The van der Waals surface area contributed by atoms with E-state index in [-0.39, 0.29) is 5.91 Å². The van der Waals surface area contributed by atoms with Crippen LogP contribution in [0, 0.1) is 4.77 Å². The highest BCUT2D eigenvalue weighted by Gasteiger charge is 2.28. The first-order valence-electron chi connectivity index (χ1n) is 11.1. The van der Waals surface area contributed by atoms with Gasteiger partial charge in [0, 0.05) is 37.7 Å². The zero-order chi connectivity index (χ0) is 20.9. The van der Waals surface area contributed by atoms with Crippen molar-refractivity contribution in [3.05, 3.63) is 29.0 Å². The molecule has 2 saturated heterocycles. The van der Waals surface area contributed by atoms with Gasteiger partial charge in [-0.05, 0) is 82.2 Å². The first kappa shape index (κ1) is 21.1. The van der Waals surface area contributed by atoms with E-state index >= 15 is 0 Å². The van der Waals surface area contributed by atoms with Crippen LogP contribution in [0.4, 0.5) is 0 Å². The lowest BCUT2D eigenvalue weighted by Crippen LogP contribution is -2.46. The summed E-state index contributed by atoms with van der Waals surface area (Å²) in [5, 5.41) is 7.25. The van der Waals surface area contributed by atoms with Crippen LogP contribution in [0.15, 0.2) is 24.3 Å². The number of carbonyl (C=O) groups is 1. The molecule has 2 fully saturated rings. The van der Waals surface area contributed by atoms with Gasteiger partial charge in [-0.1, -0.05) is 0 Å². The molecule has 0 radical (unpaired) electrons. The number of ether oxygens (including phenoxy) is 1. The summed E-state index contributed by atoms with van der Waals surface area (Å²) in [5.74, 6) is 1.79. The number of nitrogens with zero attached hydrogens (tertiary/aromatic N) is 4. The highest BCUT2D eigenvalue weighted by molar-refractivity contribution is 7.71. The summed E-state index contributed by atoms with van der Waals surface area (Å²) < 4.78 is 7.97. The molecule has 1 amide bonds. The molecule has 162 valence electrons. The third-order valence-corrected chi connectivity index (χ3v) is 6.52. The number of carbonyl (C=O) groups excluding carboxylic acids is 1. The molecule has 1 aromatic carbocycles. The van der Waals surface area contributed by atoms with Gasteiger partial charge in [0.15, 0.2) is 10.6 Å². The van der Waals surface area contributed by atoms with Gasteiger partial charge < -0.3 is 14.5 Å². The predicted octanol–water partition coefficient (Wildman–Crippen LogP) is 3.48. The summed E-state index contributed by atoms with van der Waals surface area (Å²) in [6.07, 6.45) is 5.26. The summed E-state index contributed by atoms with van der Waals surface area (Å²) in [6, 6.07) is 8.45. The molecule has 0 saturated carbocycles. The summed E-state index contributed by atoms with van der Waals surface area (Å²) in [7, 11) is 0. The SMILES string of the molecule is CCOc1ccc(-c2n[nH]c(=S)n2CCC(=O)N2CCC(N3CCCC3)CC2)cc1. The lowest BCUT2D eigenvalue weighted by Gasteiger charge is -2.36.